The van der Waals surface area contributed by atoms with Crippen LogP contribution < -0.4 is 16.1 Å². The summed E-state index contributed by atoms with van der Waals surface area (Å²) in [5.41, 5.74) is 1.79. The number of rotatable bonds is 9. The summed E-state index contributed by atoms with van der Waals surface area (Å²) in [6, 6.07) is 3.02. The summed E-state index contributed by atoms with van der Waals surface area (Å²) in [6.45, 7) is 1.07. The number of hydrogen-bond acceptors (Lipinski definition) is 5. The molecule has 8 nitrogen and oxygen atoms in total. The van der Waals surface area contributed by atoms with Gasteiger partial charge in [0.1, 0.15) is 12.1 Å². The number of amides is 2. The third-order valence-corrected chi connectivity index (χ3v) is 3.66. The third kappa shape index (κ3) is 7.62. The lowest BCUT2D eigenvalue weighted by molar-refractivity contribution is -0.165. The Morgan fingerprint density at radius 2 is 1.74 bits per heavy atom. The van der Waals surface area contributed by atoms with Crippen LogP contribution in [0, 0.1) is 0 Å². The van der Waals surface area contributed by atoms with E-state index in [4.69, 9.17) is 5.21 Å². The molecule has 11 heteroatoms. The SMILES string of the molecule is C[C@H](N[C@H](CC(=O)N[C@@H](Cc1ccccc1)C(=O)O)C(F)(F)F)C(=O)NO. The Labute approximate surface area is 152 Å². The van der Waals surface area contributed by atoms with Gasteiger partial charge in [-0.1, -0.05) is 30.3 Å². The zero-order valence-corrected chi connectivity index (χ0v) is 14.3. The first kappa shape index (κ1) is 22.4. The third-order valence-electron chi connectivity index (χ3n) is 3.66. The number of carbonyl (C=O) groups is 3. The zero-order valence-electron chi connectivity index (χ0n) is 14.3. The second-order valence-electron chi connectivity index (χ2n) is 5.81. The molecular weight excluding hydrogens is 371 g/mol. The molecule has 0 fully saturated rings. The van der Waals surface area contributed by atoms with Gasteiger partial charge >= 0.3 is 12.1 Å². The number of carbonyl (C=O) groups excluding carboxylic acids is 2. The topological polar surface area (TPSA) is 128 Å². The van der Waals surface area contributed by atoms with Gasteiger partial charge in [-0.2, -0.15) is 13.2 Å². The highest BCUT2D eigenvalue weighted by molar-refractivity contribution is 5.84. The minimum absolute atomic E-state index is 0.102. The number of aliphatic carboxylic acids is 1. The van der Waals surface area contributed by atoms with Crippen LogP contribution in [0.5, 0.6) is 0 Å². The first-order chi connectivity index (χ1) is 12.5. The smallest absolute Gasteiger partial charge is 0.404 e. The molecule has 150 valence electrons. The molecule has 0 saturated heterocycles. The van der Waals surface area contributed by atoms with Crippen LogP contribution in [0.25, 0.3) is 0 Å². The minimum Gasteiger partial charge on any atom is -0.480 e. The molecule has 0 radical (unpaired) electrons. The van der Waals surface area contributed by atoms with Gasteiger partial charge in [-0.3, -0.25) is 20.1 Å². The lowest BCUT2D eigenvalue weighted by Gasteiger charge is -2.25. The van der Waals surface area contributed by atoms with Crippen molar-refractivity contribution in [2.75, 3.05) is 0 Å². The summed E-state index contributed by atoms with van der Waals surface area (Å²) in [6.07, 6.45) is -6.11. The summed E-state index contributed by atoms with van der Waals surface area (Å²) < 4.78 is 39.3. The van der Waals surface area contributed by atoms with E-state index in [1.807, 2.05) is 5.32 Å². The second kappa shape index (κ2) is 9.88. The van der Waals surface area contributed by atoms with E-state index in [0.29, 0.717) is 5.56 Å². The van der Waals surface area contributed by atoms with Gasteiger partial charge in [-0.15, -0.1) is 0 Å². The van der Waals surface area contributed by atoms with Crippen molar-refractivity contribution < 1.29 is 37.9 Å². The number of nitrogens with one attached hydrogen (secondary N) is 3. The number of hydroxylamine groups is 1. The molecule has 1 rings (SSSR count). The van der Waals surface area contributed by atoms with Gasteiger partial charge in [0.15, 0.2) is 0 Å². The van der Waals surface area contributed by atoms with Crippen LogP contribution in [0.3, 0.4) is 0 Å². The first-order valence-corrected chi connectivity index (χ1v) is 7.87. The van der Waals surface area contributed by atoms with Crippen molar-refractivity contribution in [1.29, 1.82) is 0 Å². The predicted octanol–water partition coefficient (Wildman–Crippen LogP) is 0.603. The lowest BCUT2D eigenvalue weighted by Crippen LogP contribution is -2.54. The maximum Gasteiger partial charge on any atom is 0.404 e. The number of benzene rings is 1. The van der Waals surface area contributed by atoms with Gasteiger partial charge in [0.05, 0.1) is 12.5 Å². The normalized spacial score (nSPS) is 14.7. The molecule has 0 saturated carbocycles. The quantitative estimate of drug-likeness (QED) is 0.310. The van der Waals surface area contributed by atoms with Crippen LogP contribution in [0.1, 0.15) is 18.9 Å². The standard InChI is InChI=1S/C16H20F3N3O5/c1-9(14(24)22-27)20-12(16(17,18)19)8-13(23)21-11(15(25)26)7-10-5-3-2-4-6-10/h2-6,9,11-12,20,27H,7-8H2,1H3,(H,21,23)(H,22,24)(H,25,26)/t9-,11-,12+/m0/s1. The molecule has 0 heterocycles. The molecule has 0 aromatic heterocycles. The molecule has 2 amide bonds. The predicted molar refractivity (Wildman–Crippen MR) is 86.7 cm³/mol. The van der Waals surface area contributed by atoms with Crippen molar-refractivity contribution in [3.05, 3.63) is 35.9 Å². The second-order valence-corrected chi connectivity index (χ2v) is 5.81. The van der Waals surface area contributed by atoms with E-state index in [2.05, 4.69) is 5.32 Å². The number of halogens is 3. The lowest BCUT2D eigenvalue weighted by atomic mass is 10.1. The summed E-state index contributed by atoms with van der Waals surface area (Å²) >= 11 is 0. The van der Waals surface area contributed by atoms with Crippen LogP contribution >= 0.6 is 0 Å². The van der Waals surface area contributed by atoms with Crippen molar-refractivity contribution in [3.8, 4) is 0 Å². The fraction of sp³-hybridized carbons (Fsp3) is 0.438. The average Bonchev–Trinajstić information content (AvgIpc) is 2.59. The van der Waals surface area contributed by atoms with E-state index in [1.165, 1.54) is 5.48 Å². The Hall–Kier alpha value is -2.66. The van der Waals surface area contributed by atoms with Crippen molar-refractivity contribution in [2.24, 2.45) is 0 Å². The van der Waals surface area contributed by atoms with E-state index in [9.17, 15) is 32.7 Å². The van der Waals surface area contributed by atoms with Gasteiger partial charge in [0.25, 0.3) is 5.91 Å². The number of carboxylic acid groups (broad SMARTS) is 1. The Bertz CT molecular complexity index is 654. The van der Waals surface area contributed by atoms with E-state index >= 15 is 0 Å². The van der Waals surface area contributed by atoms with Crippen LogP contribution in [0.15, 0.2) is 30.3 Å². The fourth-order valence-electron chi connectivity index (χ4n) is 2.23. The largest absolute Gasteiger partial charge is 0.480 e. The Morgan fingerprint density at radius 3 is 2.22 bits per heavy atom. The average molecular weight is 391 g/mol. The number of alkyl halides is 3. The van der Waals surface area contributed by atoms with E-state index < -0.39 is 48.5 Å². The molecule has 0 aliphatic carbocycles. The Morgan fingerprint density at radius 1 is 1.15 bits per heavy atom. The number of hydrogen-bond donors (Lipinski definition) is 5. The molecule has 0 aliphatic rings. The van der Waals surface area contributed by atoms with Gasteiger partial charge in [-0.05, 0) is 12.5 Å². The maximum atomic E-state index is 13.1. The summed E-state index contributed by atoms with van der Waals surface area (Å²) in [7, 11) is 0. The van der Waals surface area contributed by atoms with Gasteiger partial charge in [0.2, 0.25) is 5.91 Å². The first-order valence-electron chi connectivity index (χ1n) is 7.87. The van der Waals surface area contributed by atoms with Gasteiger partial charge in [0, 0.05) is 6.42 Å². The monoisotopic (exact) mass is 391 g/mol. The van der Waals surface area contributed by atoms with Crippen molar-refractivity contribution in [1.82, 2.24) is 16.1 Å². The number of carboxylic acids is 1. The van der Waals surface area contributed by atoms with E-state index in [0.717, 1.165) is 6.92 Å². The molecule has 0 spiro atoms. The van der Waals surface area contributed by atoms with Crippen LogP contribution in [0.4, 0.5) is 13.2 Å². The van der Waals surface area contributed by atoms with E-state index in [-0.39, 0.29) is 6.42 Å². The molecular formula is C16H20F3N3O5. The van der Waals surface area contributed by atoms with Crippen LogP contribution in [0.2, 0.25) is 0 Å². The maximum absolute atomic E-state index is 13.1. The van der Waals surface area contributed by atoms with Crippen molar-refractivity contribution in [3.63, 3.8) is 0 Å². The highest BCUT2D eigenvalue weighted by atomic mass is 19.4. The van der Waals surface area contributed by atoms with Crippen molar-refractivity contribution >= 4 is 17.8 Å². The molecule has 0 bridgehead atoms. The summed E-state index contributed by atoms with van der Waals surface area (Å²) in [5.74, 6) is -3.65. The molecule has 0 aliphatic heterocycles. The molecule has 1 aromatic carbocycles. The molecule has 27 heavy (non-hydrogen) atoms. The molecule has 0 unspecified atom stereocenters. The van der Waals surface area contributed by atoms with Gasteiger partial charge in [-0.25, -0.2) is 10.3 Å². The highest BCUT2D eigenvalue weighted by Gasteiger charge is 2.42. The summed E-state index contributed by atoms with van der Waals surface area (Å²) in [5, 5.41) is 21.6. The Balaban J connectivity index is 2.78. The van der Waals surface area contributed by atoms with Crippen LogP contribution in [-0.2, 0) is 20.8 Å². The highest BCUT2D eigenvalue weighted by Crippen LogP contribution is 2.23. The Kier molecular flexibility index (Phi) is 8.19. The molecule has 1 aromatic rings. The minimum atomic E-state index is -4.88. The molecule has 5 N–H and O–H groups in total. The fourth-order valence-corrected chi connectivity index (χ4v) is 2.23. The van der Waals surface area contributed by atoms with E-state index in [1.54, 1.807) is 30.3 Å². The van der Waals surface area contributed by atoms with Crippen LogP contribution in [-0.4, -0.2) is 52.4 Å². The van der Waals surface area contributed by atoms with Crippen molar-refractivity contribution in [2.45, 2.75) is 44.1 Å². The zero-order chi connectivity index (χ0) is 20.6. The van der Waals surface area contributed by atoms with Gasteiger partial charge < -0.3 is 10.4 Å². The summed E-state index contributed by atoms with van der Waals surface area (Å²) in [4.78, 5) is 34.4. The molecule has 3 atom stereocenters.